The molecule has 0 fully saturated rings. The SMILES string of the molecule is CC(c1ccccc1)N([O-])Cc1ccccc1. The first-order chi connectivity index (χ1) is 8.27. The van der Waals surface area contributed by atoms with Gasteiger partial charge in [0.15, 0.2) is 0 Å². The Morgan fingerprint density at radius 1 is 0.941 bits per heavy atom. The fraction of sp³-hybridized carbons (Fsp3) is 0.200. The van der Waals surface area contributed by atoms with Crippen LogP contribution in [-0.4, -0.2) is 5.06 Å². The first kappa shape index (κ1) is 11.8. The first-order valence-corrected chi connectivity index (χ1v) is 5.80. The van der Waals surface area contributed by atoms with Gasteiger partial charge in [0.05, 0.1) is 0 Å². The summed E-state index contributed by atoms with van der Waals surface area (Å²) in [6, 6.07) is 19.6. The number of rotatable bonds is 4. The van der Waals surface area contributed by atoms with Gasteiger partial charge >= 0.3 is 0 Å². The number of nitrogens with zero attached hydrogens (tertiary/aromatic N) is 1. The zero-order chi connectivity index (χ0) is 12.1. The Morgan fingerprint density at radius 2 is 1.47 bits per heavy atom. The fourth-order valence-corrected chi connectivity index (χ4v) is 1.80. The molecule has 17 heavy (non-hydrogen) atoms. The summed E-state index contributed by atoms with van der Waals surface area (Å²) in [4.78, 5) is 0. The van der Waals surface area contributed by atoms with Crippen LogP contribution in [0, 0.1) is 5.21 Å². The maximum absolute atomic E-state index is 12.0. The molecule has 88 valence electrons. The van der Waals surface area contributed by atoms with Crippen molar-refractivity contribution in [2.24, 2.45) is 0 Å². The topological polar surface area (TPSA) is 26.3 Å². The van der Waals surface area contributed by atoms with E-state index >= 15 is 0 Å². The molecule has 0 bridgehead atoms. The lowest BCUT2D eigenvalue weighted by atomic mass is 10.1. The molecule has 0 aliphatic rings. The van der Waals surface area contributed by atoms with Gasteiger partial charge in [0.1, 0.15) is 0 Å². The minimum Gasteiger partial charge on any atom is -0.784 e. The summed E-state index contributed by atoms with van der Waals surface area (Å²) in [6.45, 7) is 2.36. The van der Waals surface area contributed by atoms with E-state index in [-0.39, 0.29) is 6.04 Å². The molecule has 1 atom stereocenters. The zero-order valence-corrected chi connectivity index (χ0v) is 9.91. The van der Waals surface area contributed by atoms with Crippen molar-refractivity contribution in [3.05, 3.63) is 77.0 Å². The van der Waals surface area contributed by atoms with Gasteiger partial charge in [-0.3, -0.25) is 0 Å². The lowest BCUT2D eigenvalue weighted by Gasteiger charge is -2.35. The van der Waals surface area contributed by atoms with Gasteiger partial charge in [-0.1, -0.05) is 60.7 Å². The van der Waals surface area contributed by atoms with Gasteiger partial charge in [0, 0.05) is 12.6 Å². The van der Waals surface area contributed by atoms with Crippen LogP contribution in [0.3, 0.4) is 0 Å². The maximum atomic E-state index is 12.0. The second-order valence-corrected chi connectivity index (χ2v) is 4.15. The largest absolute Gasteiger partial charge is 0.784 e. The van der Waals surface area contributed by atoms with E-state index < -0.39 is 0 Å². The van der Waals surface area contributed by atoms with E-state index in [1.54, 1.807) is 0 Å². The molecule has 0 aromatic heterocycles. The monoisotopic (exact) mass is 226 g/mol. The molecule has 2 aromatic rings. The van der Waals surface area contributed by atoms with E-state index in [0.717, 1.165) is 16.2 Å². The number of benzene rings is 2. The molecular formula is C15H16NO-. The van der Waals surface area contributed by atoms with Gasteiger partial charge in [-0.2, -0.15) is 0 Å². The van der Waals surface area contributed by atoms with Crippen LogP contribution in [0.4, 0.5) is 0 Å². The summed E-state index contributed by atoms with van der Waals surface area (Å²) in [6.07, 6.45) is 0. The van der Waals surface area contributed by atoms with Crippen molar-refractivity contribution in [1.82, 2.24) is 5.06 Å². The van der Waals surface area contributed by atoms with Crippen molar-refractivity contribution in [2.45, 2.75) is 19.5 Å². The van der Waals surface area contributed by atoms with E-state index in [9.17, 15) is 5.21 Å². The van der Waals surface area contributed by atoms with Crippen molar-refractivity contribution in [1.29, 1.82) is 0 Å². The molecule has 2 nitrogen and oxygen atoms in total. The van der Waals surface area contributed by atoms with E-state index in [0.29, 0.717) is 6.54 Å². The van der Waals surface area contributed by atoms with E-state index in [1.807, 2.05) is 67.6 Å². The molecule has 0 aliphatic carbocycles. The molecule has 0 amide bonds. The van der Waals surface area contributed by atoms with Gasteiger partial charge in [0.2, 0.25) is 0 Å². The van der Waals surface area contributed by atoms with Crippen LogP contribution >= 0.6 is 0 Å². The highest BCUT2D eigenvalue weighted by atomic mass is 16.5. The molecule has 2 aromatic carbocycles. The summed E-state index contributed by atoms with van der Waals surface area (Å²) < 4.78 is 0. The molecule has 0 heterocycles. The molecular weight excluding hydrogens is 210 g/mol. The third kappa shape index (κ3) is 3.16. The van der Waals surface area contributed by atoms with Crippen molar-refractivity contribution in [3.63, 3.8) is 0 Å². The van der Waals surface area contributed by atoms with E-state index in [4.69, 9.17) is 0 Å². The predicted octanol–water partition coefficient (Wildman–Crippen LogP) is 3.75. The van der Waals surface area contributed by atoms with Crippen LogP contribution in [0.5, 0.6) is 0 Å². The average molecular weight is 226 g/mol. The molecule has 0 saturated carbocycles. The summed E-state index contributed by atoms with van der Waals surface area (Å²) in [5.41, 5.74) is 2.10. The van der Waals surface area contributed by atoms with E-state index in [1.165, 1.54) is 0 Å². The quantitative estimate of drug-likeness (QED) is 0.742. The Kier molecular flexibility index (Phi) is 3.91. The lowest BCUT2D eigenvalue weighted by Crippen LogP contribution is -2.19. The second kappa shape index (κ2) is 5.62. The molecule has 0 aliphatic heterocycles. The van der Waals surface area contributed by atoms with Crippen LogP contribution in [0.2, 0.25) is 0 Å². The lowest BCUT2D eigenvalue weighted by molar-refractivity contribution is 0.291. The highest BCUT2D eigenvalue weighted by molar-refractivity contribution is 5.20. The Morgan fingerprint density at radius 3 is 2.06 bits per heavy atom. The van der Waals surface area contributed by atoms with Gasteiger partial charge in [0.25, 0.3) is 0 Å². The second-order valence-electron chi connectivity index (χ2n) is 4.15. The van der Waals surface area contributed by atoms with Gasteiger partial charge < -0.3 is 10.3 Å². The summed E-state index contributed by atoms with van der Waals surface area (Å²) >= 11 is 0. The highest BCUT2D eigenvalue weighted by Crippen LogP contribution is 2.20. The third-order valence-corrected chi connectivity index (χ3v) is 2.90. The van der Waals surface area contributed by atoms with Crippen molar-refractivity contribution in [2.75, 3.05) is 0 Å². The normalized spacial score (nSPS) is 12.6. The molecule has 0 saturated heterocycles. The Hall–Kier alpha value is -1.64. The zero-order valence-electron chi connectivity index (χ0n) is 9.91. The van der Waals surface area contributed by atoms with Crippen LogP contribution in [0.25, 0.3) is 0 Å². The Bertz CT molecular complexity index is 441. The average Bonchev–Trinajstić information content (AvgIpc) is 2.40. The van der Waals surface area contributed by atoms with Crippen LogP contribution in [-0.2, 0) is 6.54 Å². The summed E-state index contributed by atoms with van der Waals surface area (Å²) in [7, 11) is 0. The van der Waals surface area contributed by atoms with Crippen LogP contribution in [0.1, 0.15) is 24.1 Å². The highest BCUT2D eigenvalue weighted by Gasteiger charge is 2.06. The van der Waals surface area contributed by atoms with Crippen molar-refractivity contribution in [3.8, 4) is 0 Å². The van der Waals surface area contributed by atoms with Gasteiger partial charge in [-0.05, 0) is 18.1 Å². The third-order valence-electron chi connectivity index (χ3n) is 2.90. The number of hydroxylamine groups is 2. The molecule has 0 N–H and O–H groups in total. The summed E-state index contributed by atoms with van der Waals surface area (Å²) in [5, 5.41) is 13.1. The minimum absolute atomic E-state index is 0.114. The van der Waals surface area contributed by atoms with Gasteiger partial charge in [-0.15, -0.1) is 0 Å². The Balaban J connectivity index is 2.03. The van der Waals surface area contributed by atoms with E-state index in [2.05, 4.69) is 0 Å². The van der Waals surface area contributed by atoms with Crippen LogP contribution < -0.4 is 0 Å². The smallest absolute Gasteiger partial charge is 0.0205 e. The van der Waals surface area contributed by atoms with Crippen molar-refractivity contribution < 1.29 is 0 Å². The Labute approximate surface area is 102 Å². The number of hydrogen-bond donors (Lipinski definition) is 0. The molecule has 1 unspecified atom stereocenters. The molecule has 0 radical (unpaired) electrons. The summed E-state index contributed by atoms with van der Waals surface area (Å²) in [5.74, 6) is 0. The maximum Gasteiger partial charge on any atom is 0.0205 e. The molecule has 2 rings (SSSR count). The fourth-order valence-electron chi connectivity index (χ4n) is 1.80. The van der Waals surface area contributed by atoms with Crippen LogP contribution in [0.15, 0.2) is 60.7 Å². The number of hydrogen-bond acceptors (Lipinski definition) is 2. The van der Waals surface area contributed by atoms with Crippen molar-refractivity contribution >= 4 is 0 Å². The molecule has 2 heteroatoms. The molecule has 0 spiro atoms. The standard InChI is InChI=1S/C15H16NO/c1-13(15-10-6-3-7-11-15)16(17)12-14-8-4-2-5-9-14/h2-11,13H,12H2,1H3/q-1. The predicted molar refractivity (Wildman–Crippen MR) is 70.2 cm³/mol. The minimum atomic E-state index is -0.114. The van der Waals surface area contributed by atoms with Gasteiger partial charge in [-0.25, -0.2) is 0 Å². The first-order valence-electron chi connectivity index (χ1n) is 5.80.